The van der Waals surface area contributed by atoms with Crippen LogP contribution in [0.1, 0.15) is 38.8 Å². The highest BCUT2D eigenvalue weighted by Crippen LogP contribution is 2.21. The molecule has 0 aliphatic carbocycles. The first kappa shape index (κ1) is 18.4. The minimum Gasteiger partial charge on any atom is -0.444 e. The fourth-order valence-corrected chi connectivity index (χ4v) is 2.92. The van der Waals surface area contributed by atoms with Gasteiger partial charge in [0.15, 0.2) is 0 Å². The molecule has 6 heteroatoms. The van der Waals surface area contributed by atoms with E-state index in [4.69, 9.17) is 4.74 Å². The Morgan fingerprint density at radius 2 is 2.04 bits per heavy atom. The summed E-state index contributed by atoms with van der Waals surface area (Å²) in [5.41, 5.74) is 2.23. The van der Waals surface area contributed by atoms with Crippen molar-refractivity contribution in [2.75, 3.05) is 19.6 Å². The summed E-state index contributed by atoms with van der Waals surface area (Å²) in [7, 11) is 0. The van der Waals surface area contributed by atoms with Gasteiger partial charge in [-0.05, 0) is 63.1 Å². The molecule has 1 saturated heterocycles. The highest BCUT2D eigenvalue weighted by atomic mass is 16.6. The molecule has 132 valence electrons. The van der Waals surface area contributed by atoms with Crippen molar-refractivity contribution >= 4 is 11.8 Å². The number of benzene rings is 1. The molecular formula is C18H27N3O3. The van der Waals surface area contributed by atoms with Crippen LogP contribution in [0.15, 0.2) is 23.4 Å². The van der Waals surface area contributed by atoms with Crippen LogP contribution in [0, 0.1) is 11.8 Å². The molecule has 0 unspecified atom stereocenters. The number of hydrogen-bond donors (Lipinski definition) is 0. The predicted molar refractivity (Wildman–Crippen MR) is 94.3 cm³/mol. The van der Waals surface area contributed by atoms with Gasteiger partial charge in [-0.1, -0.05) is 6.07 Å². The molecule has 24 heavy (non-hydrogen) atoms. The number of ether oxygens (including phenoxy) is 1. The Hall–Kier alpha value is -1.95. The molecule has 0 bridgehead atoms. The van der Waals surface area contributed by atoms with Crippen molar-refractivity contribution in [3.63, 3.8) is 0 Å². The van der Waals surface area contributed by atoms with Crippen LogP contribution in [0.4, 0.5) is 10.5 Å². The minimum atomic E-state index is -0.473. The predicted octanol–water partition coefficient (Wildman–Crippen LogP) is 3.83. The molecule has 1 fully saturated rings. The van der Waals surface area contributed by atoms with Crippen LogP contribution >= 0.6 is 0 Å². The van der Waals surface area contributed by atoms with Gasteiger partial charge < -0.3 is 9.64 Å². The third-order valence-electron chi connectivity index (χ3n) is 4.17. The van der Waals surface area contributed by atoms with Crippen molar-refractivity contribution in [3.8, 4) is 0 Å². The summed E-state index contributed by atoms with van der Waals surface area (Å²) < 4.78 is 5.47. The van der Waals surface area contributed by atoms with E-state index in [1.165, 1.54) is 5.56 Å². The van der Waals surface area contributed by atoms with Gasteiger partial charge in [-0.3, -0.25) is 4.90 Å². The molecule has 0 aromatic heterocycles. The fourth-order valence-electron chi connectivity index (χ4n) is 2.92. The van der Waals surface area contributed by atoms with E-state index >= 15 is 0 Å². The zero-order valence-electron chi connectivity index (χ0n) is 15.2. The molecular weight excluding hydrogens is 306 g/mol. The lowest BCUT2D eigenvalue weighted by molar-refractivity contribution is 0.000538. The normalized spacial score (nSPS) is 19.2. The summed E-state index contributed by atoms with van der Waals surface area (Å²) in [4.78, 5) is 27.0. The third-order valence-corrected chi connectivity index (χ3v) is 4.17. The van der Waals surface area contributed by atoms with Crippen LogP contribution in [0.5, 0.6) is 0 Å². The fraction of sp³-hybridized carbons (Fsp3) is 0.611. The number of carbonyl (C=O) groups is 1. The van der Waals surface area contributed by atoms with Crippen molar-refractivity contribution in [1.29, 1.82) is 0 Å². The second-order valence-corrected chi connectivity index (χ2v) is 7.46. The number of rotatable bonds is 3. The van der Waals surface area contributed by atoms with Gasteiger partial charge in [-0.15, -0.1) is 4.91 Å². The lowest BCUT2D eigenvalue weighted by Gasteiger charge is -2.40. The number of aryl methyl sites for hydroxylation is 1. The topological polar surface area (TPSA) is 62.2 Å². The maximum Gasteiger partial charge on any atom is 0.410 e. The van der Waals surface area contributed by atoms with E-state index in [2.05, 4.69) is 10.1 Å². The van der Waals surface area contributed by atoms with Crippen molar-refractivity contribution in [2.45, 2.75) is 52.8 Å². The number of carbonyl (C=O) groups excluding carboxylic acids is 1. The van der Waals surface area contributed by atoms with E-state index in [9.17, 15) is 9.70 Å². The van der Waals surface area contributed by atoms with Gasteiger partial charge in [0.1, 0.15) is 11.3 Å². The van der Waals surface area contributed by atoms with Crippen molar-refractivity contribution in [3.05, 3.63) is 34.2 Å². The van der Waals surface area contributed by atoms with Crippen LogP contribution in [-0.4, -0.2) is 47.2 Å². The largest absolute Gasteiger partial charge is 0.444 e. The van der Waals surface area contributed by atoms with E-state index in [0.29, 0.717) is 12.2 Å². The van der Waals surface area contributed by atoms with E-state index in [1.54, 1.807) is 11.0 Å². The SMILES string of the molecule is Cc1cc(N=O)ccc1CN1CCN(C(=O)OC(C)(C)C)[C@@H](C)C1. The lowest BCUT2D eigenvalue weighted by atomic mass is 10.1. The highest BCUT2D eigenvalue weighted by Gasteiger charge is 2.30. The second kappa shape index (κ2) is 7.30. The summed E-state index contributed by atoms with van der Waals surface area (Å²) >= 11 is 0. The first-order chi connectivity index (χ1) is 11.2. The molecule has 1 heterocycles. The van der Waals surface area contributed by atoms with Gasteiger partial charge in [0.2, 0.25) is 0 Å². The third kappa shape index (κ3) is 4.77. The zero-order chi connectivity index (χ0) is 17.9. The molecule has 1 aromatic carbocycles. The average molecular weight is 333 g/mol. The standard InChI is InChI=1S/C18H27N3O3/c1-13-10-16(19-23)7-6-15(13)12-20-8-9-21(14(2)11-20)17(22)24-18(3,4)5/h6-7,10,14H,8-9,11-12H2,1-5H3/t14-/m0/s1. The molecule has 0 spiro atoms. The first-order valence-electron chi connectivity index (χ1n) is 8.34. The average Bonchev–Trinajstić information content (AvgIpc) is 2.47. The van der Waals surface area contributed by atoms with Gasteiger partial charge in [-0.25, -0.2) is 4.79 Å². The molecule has 0 radical (unpaired) electrons. The van der Waals surface area contributed by atoms with Crippen molar-refractivity contribution in [2.24, 2.45) is 5.18 Å². The van der Waals surface area contributed by atoms with Crippen LogP contribution in [0.2, 0.25) is 0 Å². The molecule has 0 saturated carbocycles. The Bertz CT molecular complexity index is 610. The number of piperazine rings is 1. The highest BCUT2D eigenvalue weighted by molar-refractivity contribution is 5.68. The molecule has 1 aliphatic heterocycles. The van der Waals surface area contributed by atoms with Crippen LogP contribution in [0.3, 0.4) is 0 Å². The Kier molecular flexibility index (Phi) is 5.59. The van der Waals surface area contributed by atoms with Crippen LogP contribution in [-0.2, 0) is 11.3 Å². The molecule has 1 atom stereocenters. The van der Waals surface area contributed by atoms with Gasteiger partial charge >= 0.3 is 6.09 Å². The summed E-state index contributed by atoms with van der Waals surface area (Å²) in [6.45, 7) is 12.7. The summed E-state index contributed by atoms with van der Waals surface area (Å²) in [5, 5.41) is 2.97. The Labute approximate surface area is 143 Å². The van der Waals surface area contributed by atoms with Gasteiger partial charge in [0.25, 0.3) is 0 Å². The smallest absolute Gasteiger partial charge is 0.410 e. The van der Waals surface area contributed by atoms with E-state index < -0.39 is 5.60 Å². The Balaban J connectivity index is 1.96. The summed E-state index contributed by atoms with van der Waals surface area (Å²) in [5.74, 6) is 0. The maximum atomic E-state index is 12.3. The quantitative estimate of drug-likeness (QED) is 0.789. The molecule has 6 nitrogen and oxygen atoms in total. The minimum absolute atomic E-state index is 0.102. The second-order valence-electron chi connectivity index (χ2n) is 7.46. The maximum absolute atomic E-state index is 12.3. The molecule has 1 aliphatic rings. The summed E-state index contributed by atoms with van der Waals surface area (Å²) in [6.07, 6.45) is -0.243. The Morgan fingerprint density at radius 3 is 2.58 bits per heavy atom. The molecule has 1 aromatic rings. The van der Waals surface area contributed by atoms with Crippen LogP contribution in [0.25, 0.3) is 0 Å². The van der Waals surface area contributed by atoms with Gasteiger partial charge in [-0.2, -0.15) is 0 Å². The van der Waals surface area contributed by atoms with E-state index in [1.807, 2.05) is 46.8 Å². The van der Waals surface area contributed by atoms with Gasteiger partial charge in [0.05, 0.1) is 0 Å². The van der Waals surface area contributed by atoms with Crippen LogP contribution < -0.4 is 0 Å². The van der Waals surface area contributed by atoms with E-state index in [-0.39, 0.29) is 12.1 Å². The number of amides is 1. The molecule has 0 N–H and O–H groups in total. The summed E-state index contributed by atoms with van der Waals surface area (Å²) in [6, 6.07) is 5.61. The Morgan fingerprint density at radius 1 is 1.33 bits per heavy atom. The van der Waals surface area contributed by atoms with Crippen molar-refractivity contribution in [1.82, 2.24) is 9.80 Å². The first-order valence-corrected chi connectivity index (χ1v) is 8.34. The zero-order valence-corrected chi connectivity index (χ0v) is 15.2. The monoisotopic (exact) mass is 333 g/mol. The number of hydrogen-bond acceptors (Lipinski definition) is 5. The van der Waals surface area contributed by atoms with Gasteiger partial charge in [0, 0.05) is 32.2 Å². The van der Waals surface area contributed by atoms with Crippen molar-refractivity contribution < 1.29 is 9.53 Å². The lowest BCUT2D eigenvalue weighted by Crippen LogP contribution is -2.54. The molecule has 1 amide bonds. The number of nitroso groups, excluding NO2 is 1. The number of nitrogens with zero attached hydrogens (tertiary/aromatic N) is 3. The molecule has 2 rings (SSSR count). The van der Waals surface area contributed by atoms with E-state index in [0.717, 1.165) is 25.2 Å².